The molecule has 3 aromatic rings. The minimum absolute atomic E-state index is 0.0593. The van der Waals surface area contributed by atoms with Crippen LogP contribution in [0.25, 0.3) is 0 Å². The number of benzene rings is 2. The Balaban J connectivity index is 1.41. The highest BCUT2D eigenvalue weighted by molar-refractivity contribution is 6.09. The lowest BCUT2D eigenvalue weighted by Gasteiger charge is -2.24. The molecule has 0 saturated carbocycles. The average Bonchev–Trinajstić information content (AvgIpc) is 3.58. The third-order valence-electron chi connectivity index (χ3n) is 6.49. The molecule has 1 aromatic heterocycles. The number of amides is 4. The van der Waals surface area contributed by atoms with Crippen LogP contribution in [0.4, 0.5) is 13.6 Å². The summed E-state index contributed by atoms with van der Waals surface area (Å²) in [5.41, 5.74) is 0.981. The summed E-state index contributed by atoms with van der Waals surface area (Å²) in [5, 5.41) is 8.23. The smallest absolute Gasteiger partial charge is 0.325 e. The van der Waals surface area contributed by atoms with E-state index in [1.807, 2.05) is 31.2 Å². The van der Waals surface area contributed by atoms with Crippen molar-refractivity contribution in [2.75, 3.05) is 6.54 Å². The second kappa shape index (κ2) is 8.71. The molecule has 10 heteroatoms. The van der Waals surface area contributed by atoms with Gasteiger partial charge in [0.25, 0.3) is 11.8 Å². The van der Waals surface area contributed by atoms with Crippen molar-refractivity contribution in [3.8, 4) is 0 Å². The molecule has 3 heterocycles. The van der Waals surface area contributed by atoms with E-state index in [1.54, 1.807) is 12.1 Å². The summed E-state index contributed by atoms with van der Waals surface area (Å²) in [6.07, 6.45) is 1.88. The number of imide groups is 1. The van der Waals surface area contributed by atoms with E-state index >= 15 is 0 Å². The van der Waals surface area contributed by atoms with Crippen LogP contribution in [0, 0.1) is 18.6 Å². The number of furan rings is 1. The van der Waals surface area contributed by atoms with Crippen molar-refractivity contribution in [1.82, 2.24) is 15.2 Å². The highest BCUT2D eigenvalue weighted by Gasteiger charge is 2.50. The van der Waals surface area contributed by atoms with E-state index in [2.05, 4.69) is 10.4 Å². The summed E-state index contributed by atoms with van der Waals surface area (Å²) < 4.78 is 32.8. The maximum absolute atomic E-state index is 13.8. The molecule has 2 atom stereocenters. The van der Waals surface area contributed by atoms with E-state index in [1.165, 1.54) is 24.3 Å². The maximum atomic E-state index is 13.8. The van der Waals surface area contributed by atoms with Gasteiger partial charge in [0.05, 0.1) is 12.0 Å². The molecule has 5 rings (SSSR count). The number of carbonyl (C=O) groups is 3. The van der Waals surface area contributed by atoms with Gasteiger partial charge < -0.3 is 9.73 Å². The van der Waals surface area contributed by atoms with E-state index in [0.29, 0.717) is 17.9 Å². The minimum Gasteiger partial charge on any atom is -0.467 e. The summed E-state index contributed by atoms with van der Waals surface area (Å²) in [7, 11) is 0. The van der Waals surface area contributed by atoms with Gasteiger partial charge in [-0.05, 0) is 49.2 Å². The van der Waals surface area contributed by atoms with E-state index < -0.39 is 47.6 Å². The molecule has 1 fully saturated rings. The number of rotatable bonds is 5. The zero-order valence-electron chi connectivity index (χ0n) is 19.5. The number of hydrogen-bond acceptors (Lipinski definition) is 5. The lowest BCUT2D eigenvalue weighted by Crippen LogP contribution is -2.43. The molecule has 2 aliphatic heterocycles. The summed E-state index contributed by atoms with van der Waals surface area (Å²) in [4.78, 5) is 40.0. The first-order chi connectivity index (χ1) is 17.2. The van der Waals surface area contributed by atoms with Gasteiger partial charge in [-0.3, -0.25) is 14.5 Å². The van der Waals surface area contributed by atoms with Crippen LogP contribution in [0.5, 0.6) is 0 Å². The highest BCUT2D eigenvalue weighted by Crippen LogP contribution is 2.34. The molecule has 1 saturated heterocycles. The van der Waals surface area contributed by atoms with Crippen molar-refractivity contribution in [2.24, 2.45) is 5.10 Å². The molecule has 0 bridgehead atoms. The second-order valence-corrected chi connectivity index (χ2v) is 8.96. The van der Waals surface area contributed by atoms with Gasteiger partial charge in [-0.25, -0.2) is 18.6 Å². The minimum atomic E-state index is -1.66. The van der Waals surface area contributed by atoms with Crippen LogP contribution >= 0.6 is 0 Å². The predicted octanol–water partition coefficient (Wildman–Crippen LogP) is 4.01. The molecule has 2 unspecified atom stereocenters. The van der Waals surface area contributed by atoms with E-state index in [4.69, 9.17) is 4.42 Å². The van der Waals surface area contributed by atoms with Crippen LogP contribution in [-0.4, -0.2) is 40.0 Å². The quantitative estimate of drug-likeness (QED) is 0.545. The molecule has 1 N–H and O–H groups in total. The zero-order valence-corrected chi connectivity index (χ0v) is 19.5. The van der Waals surface area contributed by atoms with Gasteiger partial charge in [-0.1, -0.05) is 35.9 Å². The van der Waals surface area contributed by atoms with Crippen molar-refractivity contribution in [3.63, 3.8) is 0 Å². The van der Waals surface area contributed by atoms with Gasteiger partial charge in [0.15, 0.2) is 11.6 Å². The zero-order chi connectivity index (χ0) is 25.6. The molecule has 0 spiro atoms. The number of hydrazone groups is 1. The third-order valence-corrected chi connectivity index (χ3v) is 6.49. The topological polar surface area (TPSA) is 95.2 Å². The monoisotopic (exact) mass is 492 g/mol. The molecular formula is C26H22F2N4O4. The lowest BCUT2D eigenvalue weighted by atomic mass is 9.92. The van der Waals surface area contributed by atoms with Crippen molar-refractivity contribution in [2.45, 2.75) is 31.8 Å². The Labute approximate surface area is 205 Å². The number of urea groups is 1. The Kier molecular flexibility index (Phi) is 5.66. The summed E-state index contributed by atoms with van der Waals surface area (Å²) in [5.74, 6) is -3.08. The van der Waals surface area contributed by atoms with E-state index in [-0.39, 0.29) is 5.56 Å². The fraction of sp³-hybridized carbons (Fsp3) is 0.231. The van der Waals surface area contributed by atoms with E-state index in [9.17, 15) is 23.2 Å². The van der Waals surface area contributed by atoms with Crippen LogP contribution < -0.4 is 5.32 Å². The molecule has 184 valence electrons. The number of hydrogen-bond donors (Lipinski definition) is 1. The number of carbonyl (C=O) groups excluding carboxylic acids is 3. The fourth-order valence-corrected chi connectivity index (χ4v) is 4.41. The second-order valence-electron chi connectivity index (χ2n) is 8.96. The fourth-order valence-electron chi connectivity index (χ4n) is 4.41. The molecule has 2 aromatic carbocycles. The Hall–Kier alpha value is -4.34. The van der Waals surface area contributed by atoms with Crippen molar-refractivity contribution < 1.29 is 27.6 Å². The largest absolute Gasteiger partial charge is 0.467 e. The average molecular weight is 492 g/mol. The Morgan fingerprint density at radius 2 is 1.89 bits per heavy atom. The number of aryl methyl sites for hydroxylation is 1. The normalized spacial score (nSPS) is 21.7. The SMILES string of the molecule is Cc1ccc(C2=NN(C(=O)CN3C(=O)NC(C)(c4ccc(F)c(F)c4)C3=O)C(c3ccco3)C2)cc1. The molecule has 0 aliphatic carbocycles. The first-order valence-electron chi connectivity index (χ1n) is 11.3. The lowest BCUT2D eigenvalue weighted by molar-refractivity contribution is -0.140. The van der Waals surface area contributed by atoms with Crippen LogP contribution in [-0.2, 0) is 15.1 Å². The first kappa shape index (κ1) is 23.4. The maximum Gasteiger partial charge on any atom is 0.325 e. The van der Waals surface area contributed by atoms with E-state index in [0.717, 1.165) is 28.2 Å². The summed E-state index contributed by atoms with van der Waals surface area (Å²) >= 11 is 0. The third kappa shape index (κ3) is 3.94. The molecule has 4 amide bonds. The molecule has 8 nitrogen and oxygen atoms in total. The van der Waals surface area contributed by atoms with Crippen LogP contribution in [0.15, 0.2) is 70.4 Å². The van der Waals surface area contributed by atoms with Crippen molar-refractivity contribution in [1.29, 1.82) is 0 Å². The van der Waals surface area contributed by atoms with Crippen LogP contribution in [0.2, 0.25) is 0 Å². The van der Waals surface area contributed by atoms with Gasteiger partial charge in [0, 0.05) is 6.42 Å². The number of nitrogens with one attached hydrogen (secondary N) is 1. The van der Waals surface area contributed by atoms with Gasteiger partial charge in [-0.15, -0.1) is 0 Å². The van der Waals surface area contributed by atoms with Crippen molar-refractivity contribution >= 4 is 23.6 Å². The van der Waals surface area contributed by atoms with Crippen molar-refractivity contribution in [3.05, 3.63) is 94.9 Å². The Morgan fingerprint density at radius 1 is 1.14 bits per heavy atom. The van der Waals surface area contributed by atoms with Gasteiger partial charge in [0.1, 0.15) is 23.9 Å². The molecule has 2 aliphatic rings. The van der Waals surface area contributed by atoms with Crippen LogP contribution in [0.1, 0.15) is 41.8 Å². The highest BCUT2D eigenvalue weighted by atomic mass is 19.2. The van der Waals surface area contributed by atoms with Crippen LogP contribution in [0.3, 0.4) is 0 Å². The van der Waals surface area contributed by atoms with Gasteiger partial charge >= 0.3 is 6.03 Å². The van der Waals surface area contributed by atoms with Gasteiger partial charge in [0.2, 0.25) is 0 Å². The Morgan fingerprint density at radius 3 is 2.56 bits per heavy atom. The summed E-state index contributed by atoms with van der Waals surface area (Å²) in [6, 6.07) is 12.7. The molecule has 36 heavy (non-hydrogen) atoms. The summed E-state index contributed by atoms with van der Waals surface area (Å²) in [6.45, 7) is 2.75. The molecular weight excluding hydrogens is 470 g/mol. The predicted molar refractivity (Wildman–Crippen MR) is 125 cm³/mol. The first-order valence-corrected chi connectivity index (χ1v) is 11.3. The standard InChI is InChI=1S/C26H22F2N4O4/c1-15-5-7-16(8-6-15)20-13-21(22-4-3-11-36-22)32(30-20)23(33)14-31-24(34)26(2,29-25(31)35)17-9-10-18(27)19(28)12-17/h3-12,21H,13-14H2,1-2H3,(H,29,35). The number of nitrogens with zero attached hydrogens (tertiary/aromatic N) is 3. The molecule has 0 radical (unpaired) electrons. The Bertz CT molecular complexity index is 1390. The number of halogens is 2. The van der Waals surface area contributed by atoms with Gasteiger partial charge in [-0.2, -0.15) is 5.10 Å².